The van der Waals surface area contributed by atoms with E-state index < -0.39 is 33.8 Å². The fourth-order valence-corrected chi connectivity index (χ4v) is 3.46. The molecule has 0 atom stereocenters. The third kappa shape index (κ3) is 5.26. The van der Waals surface area contributed by atoms with Crippen LogP contribution in [-0.4, -0.2) is 48.2 Å². The van der Waals surface area contributed by atoms with Crippen molar-refractivity contribution in [1.82, 2.24) is 14.4 Å². The third-order valence-corrected chi connectivity index (χ3v) is 5.29. The van der Waals surface area contributed by atoms with E-state index in [9.17, 15) is 26.4 Å². The van der Waals surface area contributed by atoms with E-state index >= 15 is 0 Å². The number of carbonyl (C=O) groups is 1. The largest absolute Gasteiger partial charge is 0.471 e. The van der Waals surface area contributed by atoms with Gasteiger partial charge in [0.15, 0.2) is 5.75 Å². The highest BCUT2D eigenvalue weighted by atomic mass is 32.2. The molecule has 1 aromatic carbocycles. The molecule has 0 spiro atoms. The zero-order valence-electron chi connectivity index (χ0n) is 14.4. The van der Waals surface area contributed by atoms with E-state index in [-0.39, 0.29) is 24.5 Å². The molecule has 12 heteroatoms. The lowest BCUT2D eigenvalue weighted by Gasteiger charge is -2.20. The summed E-state index contributed by atoms with van der Waals surface area (Å²) in [6.45, 7) is 1.72. The second kappa shape index (κ2) is 8.05. The van der Waals surface area contributed by atoms with Gasteiger partial charge in [-0.2, -0.15) is 22.5 Å². The van der Waals surface area contributed by atoms with Gasteiger partial charge in [0, 0.05) is 18.7 Å². The number of ether oxygens (including phenoxy) is 1. The number of methoxy groups -OCH3 is 1. The quantitative estimate of drug-likeness (QED) is 0.648. The highest BCUT2D eigenvalue weighted by Gasteiger charge is 2.38. The minimum atomic E-state index is -4.74. The van der Waals surface area contributed by atoms with Crippen LogP contribution in [0.15, 0.2) is 28.8 Å². The summed E-state index contributed by atoms with van der Waals surface area (Å²) in [5, 5.41) is 3.28. The highest BCUT2D eigenvalue weighted by Crippen LogP contribution is 2.29. The molecule has 0 aliphatic rings. The van der Waals surface area contributed by atoms with Crippen molar-refractivity contribution in [3.05, 3.63) is 35.7 Å². The lowest BCUT2D eigenvalue weighted by molar-refractivity contribution is -0.159. The Labute approximate surface area is 153 Å². The van der Waals surface area contributed by atoms with Gasteiger partial charge in [-0.15, -0.1) is 0 Å². The summed E-state index contributed by atoms with van der Waals surface area (Å²) in [5.74, 6) is -3.34. The summed E-state index contributed by atoms with van der Waals surface area (Å²) in [6, 6.07) is 5.94. The Morgan fingerprint density at radius 3 is 2.37 bits per heavy atom. The number of aromatic nitrogens is 2. The second-order valence-corrected chi connectivity index (χ2v) is 7.35. The minimum Gasteiger partial charge on any atom is -0.468 e. The fourth-order valence-electron chi connectivity index (χ4n) is 2.12. The lowest BCUT2D eigenvalue weighted by Crippen LogP contribution is -2.35. The van der Waals surface area contributed by atoms with Crippen molar-refractivity contribution >= 4 is 16.0 Å². The molecule has 0 amide bonds. The summed E-state index contributed by atoms with van der Waals surface area (Å²) in [6.07, 6.45) is -4.74. The number of carbonyl (C=O) groups excluding carboxylic acids is 1. The third-order valence-electron chi connectivity index (χ3n) is 3.51. The van der Waals surface area contributed by atoms with Gasteiger partial charge < -0.3 is 9.26 Å². The van der Waals surface area contributed by atoms with Gasteiger partial charge in [0.05, 0.1) is 7.11 Å². The predicted molar refractivity (Wildman–Crippen MR) is 86.6 cm³/mol. The van der Waals surface area contributed by atoms with Crippen LogP contribution < -0.4 is 0 Å². The second-order valence-electron chi connectivity index (χ2n) is 5.38. The molecule has 0 N–H and O–H groups in total. The Morgan fingerprint density at radius 1 is 1.26 bits per heavy atom. The van der Waals surface area contributed by atoms with Gasteiger partial charge in [-0.05, 0) is 5.56 Å². The van der Waals surface area contributed by atoms with Gasteiger partial charge >= 0.3 is 18.0 Å². The number of benzene rings is 1. The number of alkyl halides is 3. The van der Waals surface area contributed by atoms with E-state index in [4.69, 9.17) is 0 Å². The Morgan fingerprint density at radius 2 is 1.89 bits per heavy atom. The van der Waals surface area contributed by atoms with Gasteiger partial charge in [-0.25, -0.2) is 8.42 Å². The van der Waals surface area contributed by atoms with Crippen LogP contribution in [0.4, 0.5) is 13.2 Å². The molecule has 2 rings (SSSR count). The zero-order valence-corrected chi connectivity index (χ0v) is 15.2. The molecule has 8 nitrogen and oxygen atoms in total. The average molecular weight is 407 g/mol. The Balaban J connectivity index is 2.14. The van der Waals surface area contributed by atoms with Crippen LogP contribution in [0.3, 0.4) is 0 Å². The molecular formula is C15H16F3N3O5S. The number of hydrogen-bond donors (Lipinski definition) is 0. The molecule has 0 aliphatic heterocycles. The Kier molecular flexibility index (Phi) is 6.21. The monoisotopic (exact) mass is 407 g/mol. The summed E-state index contributed by atoms with van der Waals surface area (Å²) < 4.78 is 71.5. The first-order chi connectivity index (χ1) is 12.6. The summed E-state index contributed by atoms with van der Waals surface area (Å²) in [5.41, 5.74) is 0.840. The van der Waals surface area contributed by atoms with Crippen molar-refractivity contribution in [2.24, 2.45) is 0 Å². The Hall–Kier alpha value is -2.47. The Bertz CT molecular complexity index is 894. The van der Waals surface area contributed by atoms with Crippen LogP contribution >= 0.6 is 0 Å². The molecule has 1 heterocycles. The molecule has 2 aromatic rings. The maximum absolute atomic E-state index is 12.5. The number of halogens is 3. The first-order valence-electron chi connectivity index (χ1n) is 7.61. The number of esters is 1. The molecule has 0 aliphatic carbocycles. The van der Waals surface area contributed by atoms with Crippen molar-refractivity contribution in [3.8, 4) is 11.4 Å². The minimum absolute atomic E-state index is 0.0177. The molecule has 0 saturated carbocycles. The van der Waals surface area contributed by atoms with Crippen LogP contribution in [0.5, 0.6) is 0 Å². The van der Waals surface area contributed by atoms with E-state index in [1.165, 1.54) is 24.3 Å². The molecular weight excluding hydrogens is 391 g/mol. The van der Waals surface area contributed by atoms with Crippen molar-refractivity contribution in [2.45, 2.75) is 19.6 Å². The smallest absolute Gasteiger partial charge is 0.468 e. The SMILES string of the molecule is CCN(Cc1ccc(-c2noc(C(F)(F)F)n2)cc1)S(=O)(=O)CC(=O)OC. The van der Waals surface area contributed by atoms with Crippen molar-refractivity contribution in [1.29, 1.82) is 0 Å². The molecule has 0 bridgehead atoms. The number of sulfonamides is 1. The van der Waals surface area contributed by atoms with Gasteiger partial charge in [-0.1, -0.05) is 36.3 Å². The van der Waals surface area contributed by atoms with Crippen LogP contribution in [-0.2, 0) is 32.3 Å². The van der Waals surface area contributed by atoms with Crippen LogP contribution in [0, 0.1) is 0 Å². The zero-order chi connectivity index (χ0) is 20.2. The van der Waals surface area contributed by atoms with Gasteiger partial charge in [0.2, 0.25) is 15.8 Å². The normalized spacial score (nSPS) is 12.4. The average Bonchev–Trinajstić information content (AvgIpc) is 3.10. The molecule has 0 radical (unpaired) electrons. The van der Waals surface area contributed by atoms with Gasteiger partial charge in [-0.3, -0.25) is 4.79 Å². The first kappa shape index (κ1) is 20.8. The summed E-state index contributed by atoms with van der Waals surface area (Å²) in [7, 11) is -2.77. The highest BCUT2D eigenvalue weighted by molar-refractivity contribution is 7.89. The maximum atomic E-state index is 12.5. The van der Waals surface area contributed by atoms with Crippen LogP contribution in [0.25, 0.3) is 11.4 Å². The molecule has 27 heavy (non-hydrogen) atoms. The predicted octanol–water partition coefficient (Wildman–Crippen LogP) is 2.08. The van der Waals surface area contributed by atoms with Crippen LogP contribution in [0.1, 0.15) is 18.4 Å². The van der Waals surface area contributed by atoms with Crippen LogP contribution in [0.2, 0.25) is 0 Å². The van der Waals surface area contributed by atoms with E-state index in [1.807, 2.05) is 0 Å². The standard InChI is InChI=1S/C15H16F3N3O5S/c1-3-21(27(23,24)9-12(22)25-2)8-10-4-6-11(7-5-10)13-19-14(26-20-13)15(16,17)18/h4-7H,3,8-9H2,1-2H3. The first-order valence-corrected chi connectivity index (χ1v) is 9.22. The maximum Gasteiger partial charge on any atom is 0.471 e. The van der Waals surface area contributed by atoms with Crippen molar-refractivity contribution < 1.29 is 35.6 Å². The molecule has 0 saturated heterocycles. The van der Waals surface area contributed by atoms with Crippen molar-refractivity contribution in [3.63, 3.8) is 0 Å². The van der Waals surface area contributed by atoms with E-state index in [0.29, 0.717) is 5.56 Å². The molecule has 148 valence electrons. The fraction of sp³-hybridized carbons (Fsp3) is 0.400. The molecule has 0 fully saturated rings. The number of nitrogens with zero attached hydrogens (tertiary/aromatic N) is 3. The molecule has 1 aromatic heterocycles. The van der Waals surface area contributed by atoms with E-state index in [1.54, 1.807) is 6.92 Å². The molecule has 0 unspecified atom stereocenters. The number of rotatable bonds is 7. The number of hydrogen-bond acceptors (Lipinski definition) is 7. The summed E-state index contributed by atoms with van der Waals surface area (Å²) >= 11 is 0. The topological polar surface area (TPSA) is 103 Å². The van der Waals surface area contributed by atoms with Crippen molar-refractivity contribution in [2.75, 3.05) is 19.4 Å². The lowest BCUT2D eigenvalue weighted by atomic mass is 10.1. The van der Waals surface area contributed by atoms with Gasteiger partial charge in [0.25, 0.3) is 0 Å². The van der Waals surface area contributed by atoms with Gasteiger partial charge in [0.1, 0.15) is 0 Å². The summed E-state index contributed by atoms with van der Waals surface area (Å²) in [4.78, 5) is 14.5. The van der Waals surface area contributed by atoms with E-state index in [2.05, 4.69) is 19.4 Å². The van der Waals surface area contributed by atoms with E-state index in [0.717, 1.165) is 11.4 Å².